The number of para-hydroxylation sites is 1. The average molecular weight is 421 g/mol. The van der Waals surface area contributed by atoms with Gasteiger partial charge in [-0.25, -0.2) is 4.79 Å². The molecule has 2 heterocycles. The number of H-pyrrole nitrogens is 1. The molecule has 158 valence electrons. The van der Waals surface area contributed by atoms with Crippen LogP contribution in [0, 0.1) is 10.1 Å². The first kappa shape index (κ1) is 20.1. The molecule has 0 spiro atoms. The van der Waals surface area contributed by atoms with Crippen molar-refractivity contribution in [1.82, 2.24) is 15.2 Å². The van der Waals surface area contributed by atoms with Crippen LogP contribution in [0.1, 0.15) is 12.5 Å². The molecule has 1 aliphatic heterocycles. The summed E-state index contributed by atoms with van der Waals surface area (Å²) < 4.78 is 0. The standard InChI is InChI=1S/C21H19N5O5/c1-12(19(27)23-14-5-4-6-15(10-14)26(30)31)25-20(28)18(24-21(25)29)9-13-11-22-17-8-3-2-7-16(13)17/h2-8,10-12,18,22H,9H2,1H3,(H,23,27)(H,24,29)/t12-,18+/m1/s1. The van der Waals surface area contributed by atoms with Gasteiger partial charge in [0, 0.05) is 41.3 Å². The number of nitro groups is 1. The highest BCUT2D eigenvalue weighted by atomic mass is 16.6. The van der Waals surface area contributed by atoms with Crippen molar-refractivity contribution in [2.75, 3.05) is 5.32 Å². The molecule has 0 unspecified atom stereocenters. The predicted octanol–water partition coefficient (Wildman–Crippen LogP) is 2.57. The fourth-order valence-electron chi connectivity index (χ4n) is 3.63. The Morgan fingerprint density at radius 1 is 1.23 bits per heavy atom. The van der Waals surface area contributed by atoms with E-state index < -0.39 is 34.9 Å². The second-order valence-corrected chi connectivity index (χ2v) is 7.25. The first-order chi connectivity index (χ1) is 14.8. The van der Waals surface area contributed by atoms with Gasteiger partial charge in [-0.1, -0.05) is 24.3 Å². The van der Waals surface area contributed by atoms with Crippen LogP contribution in [0.2, 0.25) is 0 Å². The van der Waals surface area contributed by atoms with Gasteiger partial charge in [-0.05, 0) is 24.6 Å². The van der Waals surface area contributed by atoms with E-state index in [9.17, 15) is 24.5 Å². The van der Waals surface area contributed by atoms with E-state index >= 15 is 0 Å². The molecule has 31 heavy (non-hydrogen) atoms. The summed E-state index contributed by atoms with van der Waals surface area (Å²) in [5, 5.41) is 17.0. The van der Waals surface area contributed by atoms with E-state index in [4.69, 9.17) is 0 Å². The topological polar surface area (TPSA) is 137 Å². The molecular formula is C21H19N5O5. The van der Waals surface area contributed by atoms with Crippen LogP contribution in [-0.4, -0.2) is 44.7 Å². The van der Waals surface area contributed by atoms with Crippen LogP contribution in [0.4, 0.5) is 16.2 Å². The number of aromatic nitrogens is 1. The number of anilines is 1. The number of rotatable bonds is 6. The SMILES string of the molecule is C[C@H](C(=O)Nc1cccc([N+](=O)[O-])c1)N1C(=O)N[C@@H](Cc2c[nH]c3ccccc23)C1=O. The van der Waals surface area contributed by atoms with Gasteiger partial charge in [-0.3, -0.25) is 24.6 Å². The first-order valence-corrected chi connectivity index (χ1v) is 9.59. The van der Waals surface area contributed by atoms with Crippen LogP contribution in [0.5, 0.6) is 0 Å². The van der Waals surface area contributed by atoms with Crippen LogP contribution in [0.3, 0.4) is 0 Å². The number of urea groups is 1. The Morgan fingerprint density at radius 2 is 2.00 bits per heavy atom. The number of carbonyl (C=O) groups excluding carboxylic acids is 3. The zero-order chi connectivity index (χ0) is 22.1. The van der Waals surface area contributed by atoms with E-state index in [-0.39, 0.29) is 17.8 Å². The van der Waals surface area contributed by atoms with E-state index in [1.54, 1.807) is 6.20 Å². The Labute approximate surface area is 176 Å². The lowest BCUT2D eigenvalue weighted by atomic mass is 10.0. The van der Waals surface area contributed by atoms with Crippen molar-refractivity contribution in [3.8, 4) is 0 Å². The van der Waals surface area contributed by atoms with E-state index in [0.717, 1.165) is 21.4 Å². The smallest absolute Gasteiger partial charge is 0.325 e. The Balaban J connectivity index is 1.47. The number of nitrogens with zero attached hydrogens (tertiary/aromatic N) is 2. The fraction of sp³-hybridized carbons (Fsp3) is 0.190. The highest BCUT2D eigenvalue weighted by Gasteiger charge is 2.43. The molecule has 1 aliphatic rings. The number of hydrogen-bond acceptors (Lipinski definition) is 5. The summed E-state index contributed by atoms with van der Waals surface area (Å²) in [6.07, 6.45) is 2.08. The van der Waals surface area contributed by atoms with Gasteiger partial charge in [-0.15, -0.1) is 0 Å². The van der Waals surface area contributed by atoms with Crippen LogP contribution in [0.25, 0.3) is 10.9 Å². The summed E-state index contributed by atoms with van der Waals surface area (Å²) in [5.74, 6) is -1.13. The second-order valence-electron chi connectivity index (χ2n) is 7.25. The zero-order valence-corrected chi connectivity index (χ0v) is 16.5. The van der Waals surface area contributed by atoms with Gasteiger partial charge in [0.15, 0.2) is 0 Å². The number of imide groups is 1. The van der Waals surface area contributed by atoms with Crippen molar-refractivity contribution in [3.05, 3.63) is 70.4 Å². The zero-order valence-electron chi connectivity index (χ0n) is 16.5. The van der Waals surface area contributed by atoms with Gasteiger partial charge in [0.1, 0.15) is 12.1 Å². The summed E-state index contributed by atoms with van der Waals surface area (Å²) >= 11 is 0. The van der Waals surface area contributed by atoms with Crippen molar-refractivity contribution in [3.63, 3.8) is 0 Å². The fourth-order valence-corrected chi connectivity index (χ4v) is 3.63. The van der Waals surface area contributed by atoms with Crippen molar-refractivity contribution in [2.45, 2.75) is 25.4 Å². The van der Waals surface area contributed by atoms with Gasteiger partial charge in [0.05, 0.1) is 4.92 Å². The lowest BCUT2D eigenvalue weighted by Crippen LogP contribution is -2.46. The molecule has 10 heteroatoms. The molecule has 3 N–H and O–H groups in total. The van der Waals surface area contributed by atoms with Gasteiger partial charge in [0.2, 0.25) is 5.91 Å². The molecule has 1 saturated heterocycles. The Hall–Kier alpha value is -4.21. The number of fused-ring (bicyclic) bond motifs is 1. The maximum absolute atomic E-state index is 12.9. The summed E-state index contributed by atoms with van der Waals surface area (Å²) in [5.41, 5.74) is 1.83. The monoisotopic (exact) mass is 421 g/mol. The first-order valence-electron chi connectivity index (χ1n) is 9.59. The third-order valence-electron chi connectivity index (χ3n) is 5.24. The molecule has 4 rings (SSSR count). The largest absolute Gasteiger partial charge is 0.361 e. The summed E-state index contributed by atoms with van der Waals surface area (Å²) in [7, 11) is 0. The summed E-state index contributed by atoms with van der Waals surface area (Å²) in [6.45, 7) is 1.43. The summed E-state index contributed by atoms with van der Waals surface area (Å²) in [6, 6.07) is 10.5. The minimum atomic E-state index is -1.10. The number of hydrogen-bond donors (Lipinski definition) is 3. The van der Waals surface area contributed by atoms with E-state index in [1.807, 2.05) is 24.3 Å². The summed E-state index contributed by atoms with van der Waals surface area (Å²) in [4.78, 5) is 52.3. The highest BCUT2D eigenvalue weighted by Crippen LogP contribution is 2.23. The maximum atomic E-state index is 12.9. The minimum Gasteiger partial charge on any atom is -0.361 e. The maximum Gasteiger partial charge on any atom is 0.325 e. The van der Waals surface area contributed by atoms with Crippen LogP contribution < -0.4 is 10.6 Å². The second kappa shape index (κ2) is 7.90. The Kier molecular flexibility index (Phi) is 5.12. The molecule has 10 nitrogen and oxygen atoms in total. The highest BCUT2D eigenvalue weighted by molar-refractivity contribution is 6.09. The van der Waals surface area contributed by atoms with Gasteiger partial charge >= 0.3 is 6.03 Å². The van der Waals surface area contributed by atoms with E-state index in [2.05, 4.69) is 15.6 Å². The lowest BCUT2D eigenvalue weighted by Gasteiger charge is -2.20. The molecule has 0 aliphatic carbocycles. The van der Waals surface area contributed by atoms with E-state index in [1.165, 1.54) is 31.2 Å². The van der Waals surface area contributed by atoms with Crippen LogP contribution in [-0.2, 0) is 16.0 Å². The minimum absolute atomic E-state index is 0.181. The number of carbonyl (C=O) groups is 3. The van der Waals surface area contributed by atoms with Gasteiger partial charge < -0.3 is 15.6 Å². The third kappa shape index (κ3) is 3.82. The number of nitrogens with one attached hydrogen (secondary N) is 3. The van der Waals surface area contributed by atoms with Gasteiger partial charge in [0.25, 0.3) is 11.6 Å². The third-order valence-corrected chi connectivity index (χ3v) is 5.24. The molecule has 0 radical (unpaired) electrons. The van der Waals surface area contributed by atoms with Gasteiger partial charge in [-0.2, -0.15) is 0 Å². The Morgan fingerprint density at radius 3 is 2.77 bits per heavy atom. The molecule has 1 aromatic heterocycles. The number of aromatic amines is 1. The van der Waals surface area contributed by atoms with Crippen molar-refractivity contribution in [1.29, 1.82) is 0 Å². The van der Waals surface area contributed by atoms with Crippen molar-refractivity contribution >= 4 is 40.1 Å². The predicted molar refractivity (Wildman–Crippen MR) is 112 cm³/mol. The Bertz CT molecular complexity index is 1200. The molecule has 0 saturated carbocycles. The number of nitro benzene ring substituents is 1. The average Bonchev–Trinajstić information content (AvgIpc) is 3.28. The molecule has 4 amide bonds. The number of amides is 4. The van der Waals surface area contributed by atoms with Crippen molar-refractivity contribution < 1.29 is 19.3 Å². The quantitative estimate of drug-likeness (QED) is 0.319. The molecule has 2 aromatic carbocycles. The molecule has 3 aromatic rings. The molecule has 1 fully saturated rings. The molecule has 2 atom stereocenters. The molecular weight excluding hydrogens is 402 g/mol. The molecule has 0 bridgehead atoms. The van der Waals surface area contributed by atoms with Crippen LogP contribution in [0.15, 0.2) is 54.7 Å². The van der Waals surface area contributed by atoms with Crippen molar-refractivity contribution in [2.24, 2.45) is 0 Å². The number of non-ortho nitro benzene ring substituents is 1. The lowest BCUT2D eigenvalue weighted by molar-refractivity contribution is -0.384. The van der Waals surface area contributed by atoms with Crippen LogP contribution >= 0.6 is 0 Å². The normalized spacial score (nSPS) is 16.9. The van der Waals surface area contributed by atoms with E-state index in [0.29, 0.717) is 0 Å². The number of benzene rings is 2.